The molecule has 0 saturated carbocycles. The normalized spacial score (nSPS) is 11.6. The van der Waals surface area contributed by atoms with E-state index in [9.17, 15) is 31.5 Å². The van der Waals surface area contributed by atoms with Gasteiger partial charge in [0.2, 0.25) is 5.43 Å². The van der Waals surface area contributed by atoms with E-state index >= 15 is 0 Å². The van der Waals surface area contributed by atoms with Crippen molar-refractivity contribution in [1.82, 2.24) is 4.57 Å². The summed E-state index contributed by atoms with van der Waals surface area (Å²) in [4.78, 5) is 23.0. The van der Waals surface area contributed by atoms with Crippen LogP contribution < -0.4 is 10.2 Å². The Kier molecular flexibility index (Phi) is 4.80. The Morgan fingerprint density at radius 2 is 1.79 bits per heavy atom. The molecule has 0 saturated heterocycles. The van der Waals surface area contributed by atoms with E-state index in [0.29, 0.717) is 6.07 Å². The molecular weight excluding hydrogens is 389 g/mol. The first kappa shape index (κ1) is 19.3. The lowest BCUT2D eigenvalue weighted by Crippen LogP contribution is -2.18. The highest BCUT2D eigenvalue weighted by molar-refractivity contribution is 5.82. The number of carboxylic acid groups (broad SMARTS) is 1. The summed E-state index contributed by atoms with van der Waals surface area (Å²) in [6, 6.07) is 5.52. The van der Waals surface area contributed by atoms with Crippen LogP contribution in [0.3, 0.4) is 0 Å². The number of hydrogen-bond donors (Lipinski definition) is 1. The van der Waals surface area contributed by atoms with Crippen LogP contribution in [0.2, 0.25) is 0 Å². The number of nitrogens with zero attached hydrogens (tertiary/aromatic N) is 1. The summed E-state index contributed by atoms with van der Waals surface area (Å²) in [5.41, 5.74) is -2.62. The van der Waals surface area contributed by atoms with Crippen LogP contribution in [0.25, 0.3) is 10.9 Å². The first-order chi connectivity index (χ1) is 13.1. The van der Waals surface area contributed by atoms with E-state index in [1.165, 1.54) is 6.07 Å². The van der Waals surface area contributed by atoms with E-state index in [1.54, 1.807) is 0 Å². The summed E-state index contributed by atoms with van der Waals surface area (Å²) in [7, 11) is 0. The molecule has 0 aliphatic rings. The molecule has 0 atom stereocenters. The number of ether oxygens (including phenoxy) is 1. The van der Waals surface area contributed by atoms with Crippen LogP contribution in [0.1, 0.15) is 11.1 Å². The van der Waals surface area contributed by atoms with Crippen LogP contribution in [0.4, 0.5) is 26.7 Å². The molecule has 3 rings (SSSR count). The van der Waals surface area contributed by atoms with Crippen molar-refractivity contribution in [1.29, 1.82) is 0 Å². The van der Waals surface area contributed by atoms with Gasteiger partial charge in [-0.15, -0.1) is 0 Å². The molecule has 28 heavy (non-hydrogen) atoms. The fourth-order valence-electron chi connectivity index (χ4n) is 2.76. The smallest absolute Gasteiger partial charge is 0.449 e. The Balaban J connectivity index is 2.23. The van der Waals surface area contributed by atoms with Crippen LogP contribution in [0.15, 0.2) is 47.4 Å². The third kappa shape index (κ3) is 3.66. The number of aromatic nitrogens is 1. The van der Waals surface area contributed by atoms with Gasteiger partial charge in [-0.3, -0.25) is 4.79 Å². The first-order valence-corrected chi connectivity index (χ1v) is 7.66. The van der Waals surface area contributed by atoms with Crippen molar-refractivity contribution < 1.29 is 36.6 Å². The monoisotopic (exact) mass is 399 g/mol. The molecule has 0 spiro atoms. The first-order valence-electron chi connectivity index (χ1n) is 7.66. The molecule has 0 aliphatic heterocycles. The van der Waals surface area contributed by atoms with Crippen molar-refractivity contribution in [3.8, 4) is 5.75 Å². The minimum absolute atomic E-state index is 0.0599. The summed E-state index contributed by atoms with van der Waals surface area (Å²) in [6.45, 7) is -0.406. The van der Waals surface area contributed by atoms with Crippen LogP contribution in [-0.2, 0) is 12.7 Å². The molecule has 10 heteroatoms. The number of pyridine rings is 1. The lowest BCUT2D eigenvalue weighted by Gasteiger charge is -2.15. The quantitative estimate of drug-likeness (QED) is 0.524. The molecule has 0 amide bonds. The highest BCUT2D eigenvalue weighted by atomic mass is 19.4. The van der Waals surface area contributed by atoms with Gasteiger partial charge in [-0.2, -0.15) is 13.2 Å². The average Bonchev–Trinajstić information content (AvgIpc) is 2.60. The largest absolute Gasteiger partial charge is 0.511 e. The van der Waals surface area contributed by atoms with Gasteiger partial charge >= 0.3 is 12.3 Å². The number of halogens is 5. The molecule has 0 radical (unpaired) electrons. The van der Waals surface area contributed by atoms with E-state index in [-0.39, 0.29) is 5.56 Å². The molecule has 0 unspecified atom stereocenters. The van der Waals surface area contributed by atoms with Gasteiger partial charge in [-0.05, 0) is 29.8 Å². The third-order valence-corrected chi connectivity index (χ3v) is 3.89. The zero-order valence-corrected chi connectivity index (χ0v) is 13.8. The Bertz CT molecular complexity index is 1140. The van der Waals surface area contributed by atoms with Gasteiger partial charge in [-0.1, -0.05) is 12.1 Å². The predicted octanol–water partition coefficient (Wildman–Crippen LogP) is 4.40. The molecule has 2 aromatic carbocycles. The fraction of sp³-hybridized carbons (Fsp3) is 0.111. The van der Waals surface area contributed by atoms with Gasteiger partial charge in [0.15, 0.2) is 5.75 Å². The van der Waals surface area contributed by atoms with Crippen molar-refractivity contribution in [3.63, 3.8) is 0 Å². The lowest BCUT2D eigenvalue weighted by molar-refractivity contribution is -0.137. The Labute approximate surface area is 153 Å². The van der Waals surface area contributed by atoms with E-state index < -0.39 is 58.2 Å². The van der Waals surface area contributed by atoms with Crippen molar-refractivity contribution in [2.24, 2.45) is 0 Å². The Morgan fingerprint density at radius 3 is 2.43 bits per heavy atom. The van der Waals surface area contributed by atoms with Crippen LogP contribution in [0, 0.1) is 11.6 Å². The number of benzene rings is 2. The SMILES string of the molecule is O=C(O)Oc1cn(Cc2cccc(C(F)(F)F)c2)c2c(F)ccc(F)c2c1=O. The summed E-state index contributed by atoms with van der Waals surface area (Å²) < 4.78 is 72.4. The molecule has 1 aromatic heterocycles. The zero-order chi connectivity index (χ0) is 20.6. The van der Waals surface area contributed by atoms with Gasteiger partial charge in [0, 0.05) is 6.54 Å². The maximum absolute atomic E-state index is 14.3. The molecule has 0 aliphatic carbocycles. The molecule has 0 bridgehead atoms. The molecular formula is C18H10F5NO4. The number of fused-ring (bicyclic) bond motifs is 1. The molecule has 0 fully saturated rings. The third-order valence-electron chi connectivity index (χ3n) is 3.89. The summed E-state index contributed by atoms with van der Waals surface area (Å²) in [5, 5.41) is 7.96. The number of alkyl halides is 3. The second kappa shape index (κ2) is 6.95. The van der Waals surface area contributed by atoms with Crippen LogP contribution >= 0.6 is 0 Å². The summed E-state index contributed by atoms with van der Waals surface area (Å²) >= 11 is 0. The standard InChI is InChI=1S/C18H10F5NO4/c19-11-4-5-12(20)15-14(11)16(25)13(28-17(26)27)8-24(15)7-9-2-1-3-10(6-9)18(21,22)23/h1-6,8H,7H2,(H,26,27). The second-order valence-electron chi connectivity index (χ2n) is 5.77. The lowest BCUT2D eigenvalue weighted by atomic mass is 10.1. The highest BCUT2D eigenvalue weighted by Gasteiger charge is 2.30. The van der Waals surface area contributed by atoms with Gasteiger partial charge in [-0.25, -0.2) is 13.6 Å². The fourth-order valence-corrected chi connectivity index (χ4v) is 2.76. The van der Waals surface area contributed by atoms with Crippen LogP contribution in [0.5, 0.6) is 5.75 Å². The van der Waals surface area contributed by atoms with Gasteiger partial charge in [0.1, 0.15) is 11.6 Å². The van der Waals surface area contributed by atoms with E-state index in [0.717, 1.165) is 35.0 Å². The Morgan fingerprint density at radius 1 is 1.11 bits per heavy atom. The average molecular weight is 399 g/mol. The number of carbonyl (C=O) groups is 1. The molecule has 1 heterocycles. The van der Waals surface area contributed by atoms with Crippen molar-refractivity contribution in [2.45, 2.75) is 12.7 Å². The van der Waals surface area contributed by atoms with E-state index in [4.69, 9.17) is 5.11 Å². The number of rotatable bonds is 3. The summed E-state index contributed by atoms with van der Waals surface area (Å²) in [5.74, 6) is -2.95. The van der Waals surface area contributed by atoms with Crippen molar-refractivity contribution in [2.75, 3.05) is 0 Å². The van der Waals surface area contributed by atoms with E-state index in [2.05, 4.69) is 4.74 Å². The second-order valence-corrected chi connectivity index (χ2v) is 5.77. The van der Waals surface area contributed by atoms with Gasteiger partial charge in [0.25, 0.3) is 0 Å². The maximum atomic E-state index is 14.3. The van der Waals surface area contributed by atoms with Crippen LogP contribution in [-0.4, -0.2) is 15.8 Å². The topological polar surface area (TPSA) is 68.5 Å². The number of hydrogen-bond acceptors (Lipinski definition) is 3. The van der Waals surface area contributed by atoms with Crippen molar-refractivity contribution in [3.05, 3.63) is 75.6 Å². The minimum atomic E-state index is -4.61. The zero-order valence-electron chi connectivity index (χ0n) is 13.8. The molecule has 5 nitrogen and oxygen atoms in total. The molecule has 146 valence electrons. The molecule has 1 N–H and O–H groups in total. The van der Waals surface area contributed by atoms with E-state index in [1.807, 2.05) is 0 Å². The van der Waals surface area contributed by atoms with Crippen molar-refractivity contribution >= 4 is 17.1 Å². The minimum Gasteiger partial charge on any atom is -0.449 e. The summed E-state index contributed by atoms with van der Waals surface area (Å²) in [6.07, 6.45) is -5.67. The maximum Gasteiger partial charge on any atom is 0.511 e. The van der Waals surface area contributed by atoms with Gasteiger partial charge < -0.3 is 14.4 Å². The van der Waals surface area contributed by atoms with Gasteiger partial charge in [0.05, 0.1) is 22.7 Å². The predicted molar refractivity (Wildman–Crippen MR) is 87.3 cm³/mol. The Hall–Kier alpha value is -3.43. The molecule has 3 aromatic rings. The highest BCUT2D eigenvalue weighted by Crippen LogP contribution is 2.30.